The van der Waals surface area contributed by atoms with Crippen molar-refractivity contribution in [3.63, 3.8) is 0 Å². The first-order valence-electron chi connectivity index (χ1n) is 8.05. The van der Waals surface area contributed by atoms with Gasteiger partial charge in [0.15, 0.2) is 5.43 Å². The minimum absolute atomic E-state index is 0.0350. The quantitative estimate of drug-likeness (QED) is 0.562. The summed E-state index contributed by atoms with van der Waals surface area (Å²) in [4.78, 5) is 29.3. The molecule has 0 saturated heterocycles. The van der Waals surface area contributed by atoms with Gasteiger partial charge in [0.2, 0.25) is 5.91 Å². The summed E-state index contributed by atoms with van der Waals surface area (Å²) in [6, 6.07) is 17.9. The number of aromatic nitrogens is 2. The lowest BCUT2D eigenvalue weighted by molar-refractivity contribution is -0.116. The highest BCUT2D eigenvalue weighted by Gasteiger charge is 2.13. The smallest absolute Gasteiger partial charge is 0.245 e. The predicted molar refractivity (Wildman–Crippen MR) is 104 cm³/mol. The van der Waals surface area contributed by atoms with Gasteiger partial charge in [-0.05, 0) is 36.4 Å². The number of pyridine rings is 2. The molecule has 0 spiro atoms. The lowest BCUT2D eigenvalue weighted by Gasteiger charge is -2.15. The van der Waals surface area contributed by atoms with E-state index < -0.39 is 0 Å². The average molecular weight is 364 g/mol. The highest BCUT2D eigenvalue weighted by Crippen LogP contribution is 2.19. The zero-order valence-electron chi connectivity index (χ0n) is 13.6. The molecule has 0 bridgehead atoms. The third kappa shape index (κ3) is 2.93. The predicted octanol–water partition coefficient (Wildman–Crippen LogP) is 3.84. The number of para-hydroxylation sites is 2. The maximum absolute atomic E-state index is 12.7. The number of hydrogen-bond donors (Lipinski definition) is 1. The minimum atomic E-state index is -0.237. The number of hydrogen-bond acceptors (Lipinski definition) is 3. The lowest BCUT2D eigenvalue weighted by atomic mass is 10.1. The summed E-state index contributed by atoms with van der Waals surface area (Å²) in [6.07, 6.45) is 1.47. The number of benzene rings is 2. The molecule has 2 heterocycles. The van der Waals surface area contributed by atoms with Crippen molar-refractivity contribution in [1.29, 1.82) is 0 Å². The van der Waals surface area contributed by atoms with Crippen molar-refractivity contribution in [1.82, 2.24) is 9.55 Å². The molecule has 0 aliphatic carbocycles. The van der Waals surface area contributed by atoms with Crippen LogP contribution in [0.1, 0.15) is 0 Å². The van der Waals surface area contributed by atoms with E-state index in [4.69, 9.17) is 11.6 Å². The van der Waals surface area contributed by atoms with Gasteiger partial charge in [0.25, 0.3) is 0 Å². The molecule has 0 radical (unpaired) electrons. The summed E-state index contributed by atoms with van der Waals surface area (Å²) >= 11 is 5.81. The van der Waals surface area contributed by atoms with Gasteiger partial charge in [-0.15, -0.1) is 0 Å². The van der Waals surface area contributed by atoms with Crippen molar-refractivity contribution in [2.75, 3.05) is 5.32 Å². The SMILES string of the molecule is O=C(Cn1c2ccccc2c(=O)c2ccccc21)Nc1ccc(Cl)cn1. The molecule has 2 aromatic heterocycles. The van der Waals surface area contributed by atoms with Crippen molar-refractivity contribution >= 4 is 45.1 Å². The fourth-order valence-electron chi connectivity index (χ4n) is 3.02. The van der Waals surface area contributed by atoms with Crippen LogP contribution in [0.2, 0.25) is 5.02 Å². The molecule has 0 aliphatic rings. The first-order valence-corrected chi connectivity index (χ1v) is 8.43. The Balaban J connectivity index is 1.79. The zero-order chi connectivity index (χ0) is 18.1. The number of nitrogens with one attached hydrogen (secondary N) is 1. The molecule has 0 unspecified atom stereocenters. The topological polar surface area (TPSA) is 64.0 Å². The number of rotatable bonds is 3. The van der Waals surface area contributed by atoms with E-state index >= 15 is 0 Å². The van der Waals surface area contributed by atoms with E-state index in [1.54, 1.807) is 24.3 Å². The summed E-state index contributed by atoms with van der Waals surface area (Å²) in [6.45, 7) is 0.0611. The van der Waals surface area contributed by atoms with Crippen LogP contribution in [0.5, 0.6) is 0 Å². The zero-order valence-corrected chi connectivity index (χ0v) is 14.4. The van der Waals surface area contributed by atoms with Crippen molar-refractivity contribution in [3.8, 4) is 0 Å². The van der Waals surface area contributed by atoms with Gasteiger partial charge >= 0.3 is 0 Å². The van der Waals surface area contributed by atoms with Crippen molar-refractivity contribution in [2.24, 2.45) is 0 Å². The summed E-state index contributed by atoms with van der Waals surface area (Å²) in [5, 5.41) is 4.43. The Hall–Kier alpha value is -3.18. The van der Waals surface area contributed by atoms with Crippen LogP contribution >= 0.6 is 11.6 Å². The third-order valence-electron chi connectivity index (χ3n) is 4.18. The fraction of sp³-hybridized carbons (Fsp3) is 0.0500. The fourth-order valence-corrected chi connectivity index (χ4v) is 3.13. The van der Waals surface area contributed by atoms with Crippen LogP contribution in [0.15, 0.2) is 71.7 Å². The number of halogens is 1. The van der Waals surface area contributed by atoms with Crippen molar-refractivity contribution in [2.45, 2.75) is 6.54 Å². The van der Waals surface area contributed by atoms with Crippen LogP contribution in [0.25, 0.3) is 21.8 Å². The first-order chi connectivity index (χ1) is 12.6. The molecular weight excluding hydrogens is 350 g/mol. The molecule has 1 amide bonds. The molecule has 0 saturated carbocycles. The molecule has 0 fully saturated rings. The van der Waals surface area contributed by atoms with Gasteiger partial charge in [-0.2, -0.15) is 0 Å². The lowest BCUT2D eigenvalue weighted by Crippen LogP contribution is -2.21. The van der Waals surface area contributed by atoms with Gasteiger partial charge in [0.05, 0.1) is 16.1 Å². The van der Waals surface area contributed by atoms with E-state index in [1.165, 1.54) is 6.20 Å². The van der Waals surface area contributed by atoms with E-state index in [2.05, 4.69) is 10.3 Å². The Labute approximate surface area is 153 Å². The number of carbonyl (C=O) groups excluding carboxylic acids is 1. The molecule has 0 atom stereocenters. The Morgan fingerprint density at radius 2 is 1.58 bits per heavy atom. The Morgan fingerprint density at radius 3 is 2.15 bits per heavy atom. The Morgan fingerprint density at radius 1 is 0.962 bits per heavy atom. The molecule has 2 aromatic carbocycles. The maximum atomic E-state index is 12.7. The molecule has 4 rings (SSSR count). The second kappa shape index (κ2) is 6.61. The molecule has 6 heteroatoms. The highest BCUT2D eigenvalue weighted by atomic mass is 35.5. The van der Waals surface area contributed by atoms with Crippen molar-refractivity contribution < 1.29 is 4.79 Å². The highest BCUT2D eigenvalue weighted by molar-refractivity contribution is 6.30. The van der Waals surface area contributed by atoms with Gasteiger partial charge in [0, 0.05) is 17.0 Å². The number of nitrogens with zero attached hydrogens (tertiary/aromatic N) is 2. The maximum Gasteiger partial charge on any atom is 0.245 e. The molecule has 128 valence electrons. The van der Waals surface area contributed by atoms with E-state index in [1.807, 2.05) is 41.0 Å². The second-order valence-electron chi connectivity index (χ2n) is 5.86. The number of amides is 1. The largest absolute Gasteiger partial charge is 0.331 e. The van der Waals surface area contributed by atoms with Gasteiger partial charge in [0.1, 0.15) is 12.4 Å². The normalized spacial score (nSPS) is 11.0. The molecule has 26 heavy (non-hydrogen) atoms. The van der Waals surface area contributed by atoms with Crippen LogP contribution in [0, 0.1) is 0 Å². The summed E-state index contributed by atoms with van der Waals surface area (Å²) in [7, 11) is 0. The van der Waals surface area contributed by atoms with Gasteiger partial charge < -0.3 is 9.88 Å². The molecule has 1 N–H and O–H groups in total. The summed E-state index contributed by atoms with van der Waals surface area (Å²) in [5.41, 5.74) is 1.40. The van der Waals surface area contributed by atoms with Crippen LogP contribution < -0.4 is 10.7 Å². The second-order valence-corrected chi connectivity index (χ2v) is 6.30. The third-order valence-corrected chi connectivity index (χ3v) is 4.40. The van der Waals surface area contributed by atoms with Gasteiger partial charge in [-0.25, -0.2) is 4.98 Å². The molecule has 5 nitrogen and oxygen atoms in total. The number of anilines is 1. The number of fused-ring (bicyclic) bond motifs is 2. The Kier molecular flexibility index (Phi) is 4.14. The van der Waals surface area contributed by atoms with Crippen LogP contribution in [-0.2, 0) is 11.3 Å². The van der Waals surface area contributed by atoms with Crippen LogP contribution in [0.3, 0.4) is 0 Å². The van der Waals surface area contributed by atoms with E-state index in [9.17, 15) is 9.59 Å². The molecule has 0 aliphatic heterocycles. The monoisotopic (exact) mass is 363 g/mol. The Bertz CT molecular complexity index is 1120. The standard InChI is InChI=1S/C20H14ClN3O2/c21-13-9-10-18(22-11-13)23-19(25)12-24-16-7-3-1-5-14(16)20(26)15-6-2-4-8-17(15)24/h1-11H,12H2,(H,22,23,25). The van der Waals surface area contributed by atoms with Gasteiger partial charge in [-0.1, -0.05) is 35.9 Å². The molecular formula is C20H14ClN3O2. The van der Waals surface area contributed by atoms with Crippen LogP contribution in [-0.4, -0.2) is 15.5 Å². The van der Waals surface area contributed by atoms with E-state index in [0.717, 1.165) is 11.0 Å². The van der Waals surface area contributed by atoms with Gasteiger partial charge in [-0.3, -0.25) is 9.59 Å². The van der Waals surface area contributed by atoms with E-state index in [0.29, 0.717) is 21.6 Å². The first kappa shape index (κ1) is 16.3. The average Bonchev–Trinajstić information content (AvgIpc) is 2.67. The minimum Gasteiger partial charge on any atom is -0.331 e. The molecule has 4 aromatic rings. The van der Waals surface area contributed by atoms with Crippen LogP contribution in [0.4, 0.5) is 5.82 Å². The summed E-state index contributed by atoms with van der Waals surface area (Å²) < 4.78 is 1.84. The number of carbonyl (C=O) groups is 1. The van der Waals surface area contributed by atoms with Crippen molar-refractivity contribution in [3.05, 3.63) is 82.1 Å². The van der Waals surface area contributed by atoms with E-state index in [-0.39, 0.29) is 17.9 Å². The summed E-state index contributed by atoms with van der Waals surface area (Å²) in [5.74, 6) is 0.188.